The molecule has 3 aliphatic carbocycles. The highest BCUT2D eigenvalue weighted by atomic mass is 16.4. The molecule has 0 heterocycles. The second-order valence-electron chi connectivity index (χ2n) is 8.22. The number of anilines is 1. The zero-order chi connectivity index (χ0) is 22.0. The minimum Gasteiger partial charge on any atom is -0.481 e. The van der Waals surface area contributed by atoms with Gasteiger partial charge in [-0.1, -0.05) is 66.7 Å². The van der Waals surface area contributed by atoms with E-state index in [1.165, 1.54) is 0 Å². The molecule has 0 spiro atoms. The van der Waals surface area contributed by atoms with E-state index in [4.69, 9.17) is 0 Å². The number of nitrogens with one attached hydrogen (secondary N) is 1. The first-order valence-electron chi connectivity index (χ1n) is 10.0. The van der Waals surface area contributed by atoms with Crippen molar-refractivity contribution in [2.24, 2.45) is 11.8 Å². The Labute approximate surface area is 178 Å². The summed E-state index contributed by atoms with van der Waals surface area (Å²) in [6, 6.07) is 20.4. The van der Waals surface area contributed by atoms with Crippen molar-refractivity contribution in [1.82, 2.24) is 0 Å². The quantitative estimate of drug-likeness (QED) is 0.526. The lowest BCUT2D eigenvalue weighted by atomic mass is 9.49. The van der Waals surface area contributed by atoms with Gasteiger partial charge >= 0.3 is 5.97 Å². The van der Waals surface area contributed by atoms with Crippen molar-refractivity contribution in [3.63, 3.8) is 0 Å². The average molecular weight is 415 g/mol. The second kappa shape index (κ2) is 6.51. The van der Waals surface area contributed by atoms with Crippen molar-refractivity contribution in [3.05, 3.63) is 101 Å². The molecule has 0 aromatic heterocycles. The van der Waals surface area contributed by atoms with Crippen LogP contribution in [-0.4, -0.2) is 27.2 Å². The summed E-state index contributed by atoms with van der Waals surface area (Å²) < 4.78 is 0. The summed E-state index contributed by atoms with van der Waals surface area (Å²) in [6.07, 6.45) is 0. The van der Waals surface area contributed by atoms with Gasteiger partial charge < -0.3 is 20.6 Å². The van der Waals surface area contributed by atoms with Crippen molar-refractivity contribution in [2.75, 3.05) is 5.32 Å². The number of aliphatic carboxylic acids is 1. The molecule has 31 heavy (non-hydrogen) atoms. The van der Waals surface area contributed by atoms with Gasteiger partial charge in [0.2, 0.25) is 5.91 Å². The van der Waals surface area contributed by atoms with Gasteiger partial charge in [-0.2, -0.15) is 0 Å². The average Bonchev–Trinajstić information content (AvgIpc) is 2.77. The lowest BCUT2D eigenvalue weighted by Gasteiger charge is -2.57. The summed E-state index contributed by atoms with van der Waals surface area (Å²) >= 11 is 0. The van der Waals surface area contributed by atoms with Crippen LogP contribution in [0.2, 0.25) is 0 Å². The molecule has 0 saturated heterocycles. The molecular weight excluding hydrogens is 394 g/mol. The fourth-order valence-corrected chi connectivity index (χ4v) is 5.32. The smallest absolute Gasteiger partial charge is 0.311 e. The van der Waals surface area contributed by atoms with Crippen LogP contribution >= 0.6 is 0 Å². The number of aliphatic hydroxyl groups is 2. The molecule has 0 saturated carbocycles. The number of benzene rings is 3. The van der Waals surface area contributed by atoms with E-state index in [0.717, 1.165) is 5.56 Å². The van der Waals surface area contributed by atoms with Crippen LogP contribution in [0, 0.1) is 18.8 Å². The molecule has 4 N–H and O–H groups in total. The number of hydrogen-bond donors (Lipinski definition) is 4. The number of para-hydroxylation sites is 1. The number of hydrogen-bond acceptors (Lipinski definition) is 4. The van der Waals surface area contributed by atoms with Crippen molar-refractivity contribution in [1.29, 1.82) is 0 Å². The largest absolute Gasteiger partial charge is 0.481 e. The first kappa shape index (κ1) is 19.5. The van der Waals surface area contributed by atoms with E-state index in [1.807, 2.05) is 19.1 Å². The zero-order valence-electron chi connectivity index (χ0n) is 16.7. The van der Waals surface area contributed by atoms with Crippen LogP contribution < -0.4 is 5.32 Å². The Morgan fingerprint density at radius 2 is 1.16 bits per heavy atom. The summed E-state index contributed by atoms with van der Waals surface area (Å²) in [6.45, 7) is 1.82. The van der Waals surface area contributed by atoms with Gasteiger partial charge in [-0.3, -0.25) is 9.59 Å². The summed E-state index contributed by atoms with van der Waals surface area (Å²) in [5.41, 5.74) is -1.24. The van der Waals surface area contributed by atoms with E-state index in [1.54, 1.807) is 60.7 Å². The highest BCUT2D eigenvalue weighted by molar-refractivity contribution is 5.99. The summed E-state index contributed by atoms with van der Waals surface area (Å²) in [4.78, 5) is 26.0. The molecular formula is C25H21NO5. The number of carboxylic acids is 1. The third-order valence-electron chi connectivity index (χ3n) is 6.68. The standard InChI is InChI=1S/C25H21NO5/c1-14-8-2-7-13-19(14)26-22(27)20-21(23(28)29)25(31)17-11-5-3-9-15(17)24(20,30)16-10-4-6-12-18(16)25/h2-13,20-21,30-31H,1H3,(H,26,27)(H,28,29). The van der Waals surface area contributed by atoms with Crippen molar-refractivity contribution in [3.8, 4) is 0 Å². The van der Waals surface area contributed by atoms with Crippen LogP contribution in [0.15, 0.2) is 72.8 Å². The van der Waals surface area contributed by atoms with E-state index in [-0.39, 0.29) is 0 Å². The number of amides is 1. The van der Waals surface area contributed by atoms with Crippen molar-refractivity contribution in [2.45, 2.75) is 18.1 Å². The number of rotatable bonds is 3. The van der Waals surface area contributed by atoms with Gasteiger partial charge in [0.25, 0.3) is 0 Å². The van der Waals surface area contributed by atoms with E-state index >= 15 is 0 Å². The molecule has 2 atom stereocenters. The van der Waals surface area contributed by atoms with Crippen LogP contribution in [0.5, 0.6) is 0 Å². The first-order valence-corrected chi connectivity index (χ1v) is 10.0. The minimum absolute atomic E-state index is 0.309. The number of carbonyl (C=O) groups excluding carboxylic acids is 1. The Bertz CT molecular complexity index is 1190. The minimum atomic E-state index is -1.96. The third-order valence-corrected chi connectivity index (χ3v) is 6.68. The van der Waals surface area contributed by atoms with Crippen LogP contribution in [-0.2, 0) is 20.8 Å². The van der Waals surface area contributed by atoms with Gasteiger partial charge in [0.05, 0.1) is 5.92 Å². The van der Waals surface area contributed by atoms with Crippen molar-refractivity contribution < 1.29 is 24.9 Å². The van der Waals surface area contributed by atoms with Crippen molar-refractivity contribution >= 4 is 17.6 Å². The molecule has 0 fully saturated rings. The fraction of sp³-hybridized carbons (Fsp3) is 0.200. The number of carbonyl (C=O) groups is 2. The van der Waals surface area contributed by atoms with Crippen LogP contribution in [0.25, 0.3) is 0 Å². The molecule has 2 bridgehead atoms. The third kappa shape index (κ3) is 2.40. The lowest BCUT2D eigenvalue weighted by Crippen LogP contribution is -2.65. The molecule has 6 nitrogen and oxygen atoms in total. The topological polar surface area (TPSA) is 107 Å². The summed E-state index contributed by atoms with van der Waals surface area (Å²) in [5, 5.41) is 37.0. The molecule has 0 aliphatic heterocycles. The number of carboxylic acid groups (broad SMARTS) is 1. The van der Waals surface area contributed by atoms with Crippen LogP contribution in [0.1, 0.15) is 27.8 Å². The maximum atomic E-state index is 13.5. The highest BCUT2D eigenvalue weighted by Gasteiger charge is 2.69. The normalized spacial score (nSPS) is 27.8. The Kier molecular flexibility index (Phi) is 4.09. The van der Waals surface area contributed by atoms with E-state index < -0.39 is 34.9 Å². The Morgan fingerprint density at radius 3 is 1.61 bits per heavy atom. The maximum absolute atomic E-state index is 13.5. The Balaban J connectivity index is 1.77. The summed E-state index contributed by atoms with van der Waals surface area (Å²) in [7, 11) is 0. The van der Waals surface area contributed by atoms with E-state index in [9.17, 15) is 24.9 Å². The molecule has 3 aliphatic rings. The van der Waals surface area contributed by atoms with E-state index in [0.29, 0.717) is 27.9 Å². The first-order chi connectivity index (χ1) is 14.8. The van der Waals surface area contributed by atoms with Gasteiger partial charge in [-0.05, 0) is 40.8 Å². The number of fused-ring (bicyclic) bond motifs is 1. The molecule has 6 rings (SSSR count). The van der Waals surface area contributed by atoms with Gasteiger partial charge in [0.15, 0.2) is 0 Å². The molecule has 156 valence electrons. The number of aryl methyl sites for hydroxylation is 1. The van der Waals surface area contributed by atoms with Gasteiger partial charge in [-0.25, -0.2) is 0 Å². The molecule has 3 aromatic carbocycles. The highest BCUT2D eigenvalue weighted by Crippen LogP contribution is 2.62. The predicted molar refractivity (Wildman–Crippen MR) is 113 cm³/mol. The van der Waals surface area contributed by atoms with Gasteiger partial charge in [0.1, 0.15) is 17.1 Å². The summed E-state index contributed by atoms with van der Waals surface area (Å²) in [5.74, 6) is -5.03. The predicted octanol–water partition coefficient (Wildman–Crippen LogP) is 2.75. The molecule has 0 radical (unpaired) electrons. The SMILES string of the molecule is Cc1ccccc1NC(=O)C1C(C(=O)O)C2(O)c3ccccc3C1(O)c1ccccc12. The van der Waals surface area contributed by atoms with Gasteiger partial charge in [0, 0.05) is 5.69 Å². The maximum Gasteiger partial charge on any atom is 0.311 e. The van der Waals surface area contributed by atoms with Gasteiger partial charge in [-0.15, -0.1) is 0 Å². The molecule has 1 amide bonds. The van der Waals surface area contributed by atoms with Crippen LogP contribution in [0.4, 0.5) is 5.69 Å². The lowest BCUT2D eigenvalue weighted by molar-refractivity contribution is -0.178. The van der Waals surface area contributed by atoms with E-state index in [2.05, 4.69) is 5.32 Å². The molecule has 6 heteroatoms. The van der Waals surface area contributed by atoms with Crippen LogP contribution in [0.3, 0.4) is 0 Å². The monoisotopic (exact) mass is 415 g/mol. The zero-order valence-corrected chi connectivity index (χ0v) is 16.7. The fourth-order valence-electron chi connectivity index (χ4n) is 5.32. The Hall–Kier alpha value is -3.48. The second-order valence-corrected chi connectivity index (χ2v) is 8.22. The molecule has 3 aromatic rings. The Morgan fingerprint density at radius 1 is 0.742 bits per heavy atom. The molecule has 2 unspecified atom stereocenters.